The number of hydrogen-bond donors (Lipinski definition) is 2. The normalized spacial score (nSPS) is 24.9. The maximum absolute atomic E-state index is 11.6. The Bertz CT molecular complexity index is 313. The van der Waals surface area contributed by atoms with Crippen molar-refractivity contribution >= 4 is 5.91 Å². The largest absolute Gasteiger partial charge is 0.383 e. The van der Waals surface area contributed by atoms with Crippen molar-refractivity contribution in [1.29, 1.82) is 0 Å². The van der Waals surface area contributed by atoms with Crippen molar-refractivity contribution in [3.8, 4) is 0 Å². The summed E-state index contributed by atoms with van der Waals surface area (Å²) in [4.78, 5) is 11.6. The molecular weight excluding hydrogens is 272 g/mol. The van der Waals surface area contributed by atoms with Crippen LogP contribution in [0.3, 0.4) is 0 Å². The Morgan fingerprint density at radius 2 is 2.10 bits per heavy atom. The van der Waals surface area contributed by atoms with Crippen LogP contribution >= 0.6 is 0 Å². The number of ether oxygens (including phenoxy) is 3. The quantitative estimate of drug-likeness (QED) is 0.669. The summed E-state index contributed by atoms with van der Waals surface area (Å²) in [5.41, 5.74) is 0.00882. The van der Waals surface area contributed by atoms with E-state index < -0.39 is 0 Å². The fourth-order valence-corrected chi connectivity index (χ4v) is 3.06. The highest BCUT2D eigenvalue weighted by atomic mass is 16.5. The van der Waals surface area contributed by atoms with Crippen molar-refractivity contribution in [2.75, 3.05) is 46.6 Å². The molecule has 0 aromatic carbocycles. The highest BCUT2D eigenvalue weighted by Gasteiger charge is 2.38. The zero-order valence-corrected chi connectivity index (χ0v) is 13.0. The molecule has 0 saturated carbocycles. The van der Waals surface area contributed by atoms with Crippen LogP contribution in [0.4, 0.5) is 0 Å². The Balaban J connectivity index is 1.63. The smallest absolute Gasteiger partial charge is 0.221 e. The van der Waals surface area contributed by atoms with Crippen LogP contribution < -0.4 is 10.6 Å². The van der Waals surface area contributed by atoms with Gasteiger partial charge in [0.15, 0.2) is 0 Å². The SMILES string of the molecule is COCCNC(=O)CCNC1CCOC2(CCOCC2)C1. The molecule has 2 heterocycles. The lowest BCUT2D eigenvalue weighted by molar-refractivity contribution is -0.140. The number of hydrogen-bond acceptors (Lipinski definition) is 5. The third-order valence-corrected chi connectivity index (χ3v) is 4.31. The zero-order valence-electron chi connectivity index (χ0n) is 13.0. The molecule has 0 radical (unpaired) electrons. The van der Waals surface area contributed by atoms with E-state index in [-0.39, 0.29) is 11.5 Å². The summed E-state index contributed by atoms with van der Waals surface area (Å²) in [7, 11) is 1.63. The van der Waals surface area contributed by atoms with Crippen molar-refractivity contribution in [1.82, 2.24) is 10.6 Å². The first-order chi connectivity index (χ1) is 10.2. The predicted octanol–water partition coefficient (Wildman–Crippen LogP) is 0.457. The highest BCUT2D eigenvalue weighted by Crippen LogP contribution is 2.34. The molecule has 2 aliphatic heterocycles. The Morgan fingerprint density at radius 3 is 2.86 bits per heavy atom. The number of carbonyl (C=O) groups is 1. The summed E-state index contributed by atoms with van der Waals surface area (Å²) in [6.45, 7) is 4.26. The molecule has 2 rings (SSSR count). The fraction of sp³-hybridized carbons (Fsp3) is 0.933. The molecule has 2 N–H and O–H groups in total. The summed E-state index contributed by atoms with van der Waals surface area (Å²) in [6.07, 6.45) is 4.54. The van der Waals surface area contributed by atoms with Crippen LogP contribution in [-0.2, 0) is 19.0 Å². The van der Waals surface area contributed by atoms with E-state index in [1.54, 1.807) is 7.11 Å². The zero-order chi connectivity index (χ0) is 15.0. The number of methoxy groups -OCH3 is 1. The molecule has 2 aliphatic rings. The summed E-state index contributed by atoms with van der Waals surface area (Å²) in [5.74, 6) is 0.0763. The van der Waals surface area contributed by atoms with Crippen LogP contribution in [0, 0.1) is 0 Å². The Hall–Kier alpha value is -0.690. The van der Waals surface area contributed by atoms with E-state index in [9.17, 15) is 4.79 Å². The molecule has 122 valence electrons. The lowest BCUT2D eigenvalue weighted by Crippen LogP contribution is -2.50. The third-order valence-electron chi connectivity index (χ3n) is 4.31. The van der Waals surface area contributed by atoms with Crippen LogP contribution in [0.5, 0.6) is 0 Å². The van der Waals surface area contributed by atoms with Gasteiger partial charge in [0.25, 0.3) is 0 Å². The fourth-order valence-electron chi connectivity index (χ4n) is 3.06. The Labute approximate surface area is 126 Å². The van der Waals surface area contributed by atoms with Crippen LogP contribution in [0.25, 0.3) is 0 Å². The second-order valence-electron chi connectivity index (χ2n) is 5.88. The molecule has 0 aromatic heterocycles. The van der Waals surface area contributed by atoms with Gasteiger partial charge in [-0.25, -0.2) is 0 Å². The van der Waals surface area contributed by atoms with Gasteiger partial charge in [-0.05, 0) is 25.7 Å². The van der Waals surface area contributed by atoms with Crippen LogP contribution in [0.2, 0.25) is 0 Å². The monoisotopic (exact) mass is 300 g/mol. The van der Waals surface area contributed by atoms with Crippen molar-refractivity contribution in [2.45, 2.75) is 43.7 Å². The number of rotatable bonds is 7. The standard InChI is InChI=1S/C15H28N2O4/c1-19-11-7-17-14(18)2-6-16-13-3-8-21-15(12-13)4-9-20-10-5-15/h13,16H,2-12H2,1H3,(H,17,18). The minimum absolute atomic E-state index is 0.00882. The number of nitrogens with one attached hydrogen (secondary N) is 2. The molecule has 1 unspecified atom stereocenters. The molecule has 0 aromatic rings. The van der Waals surface area contributed by atoms with E-state index in [0.29, 0.717) is 25.6 Å². The van der Waals surface area contributed by atoms with Gasteiger partial charge in [0.1, 0.15) is 0 Å². The Kier molecular flexibility index (Phi) is 6.89. The van der Waals surface area contributed by atoms with Crippen LogP contribution in [0.1, 0.15) is 32.1 Å². The molecule has 1 atom stereocenters. The molecule has 6 nitrogen and oxygen atoms in total. The average Bonchev–Trinajstić information content (AvgIpc) is 2.48. The first kappa shape index (κ1) is 16.7. The van der Waals surface area contributed by atoms with Gasteiger partial charge in [-0.1, -0.05) is 0 Å². The van der Waals surface area contributed by atoms with Gasteiger partial charge >= 0.3 is 0 Å². The predicted molar refractivity (Wildman–Crippen MR) is 79.3 cm³/mol. The number of amides is 1. The third kappa shape index (κ3) is 5.54. The second kappa shape index (κ2) is 8.68. The molecular formula is C15H28N2O4. The highest BCUT2D eigenvalue weighted by molar-refractivity contribution is 5.76. The van der Waals surface area contributed by atoms with Crippen molar-refractivity contribution in [3.63, 3.8) is 0 Å². The lowest BCUT2D eigenvalue weighted by atomic mass is 9.84. The molecule has 0 bridgehead atoms. The van der Waals surface area contributed by atoms with Crippen molar-refractivity contribution in [2.24, 2.45) is 0 Å². The lowest BCUT2D eigenvalue weighted by Gasteiger charge is -2.43. The van der Waals surface area contributed by atoms with E-state index in [2.05, 4.69) is 10.6 Å². The summed E-state index contributed by atoms with van der Waals surface area (Å²) >= 11 is 0. The van der Waals surface area contributed by atoms with E-state index >= 15 is 0 Å². The van der Waals surface area contributed by atoms with Crippen molar-refractivity contribution < 1.29 is 19.0 Å². The first-order valence-corrected chi connectivity index (χ1v) is 7.95. The minimum atomic E-state index is 0.00882. The van der Waals surface area contributed by atoms with Crippen LogP contribution in [0.15, 0.2) is 0 Å². The van der Waals surface area contributed by atoms with Gasteiger partial charge in [-0.2, -0.15) is 0 Å². The molecule has 2 fully saturated rings. The van der Waals surface area contributed by atoms with Gasteiger partial charge in [0.2, 0.25) is 5.91 Å². The van der Waals surface area contributed by atoms with Gasteiger partial charge in [-0.15, -0.1) is 0 Å². The maximum Gasteiger partial charge on any atom is 0.221 e. The van der Waals surface area contributed by atoms with Gasteiger partial charge in [0, 0.05) is 52.5 Å². The van der Waals surface area contributed by atoms with Gasteiger partial charge in [-0.3, -0.25) is 4.79 Å². The second-order valence-corrected chi connectivity index (χ2v) is 5.88. The minimum Gasteiger partial charge on any atom is -0.383 e. The van der Waals surface area contributed by atoms with E-state index in [0.717, 1.165) is 52.0 Å². The van der Waals surface area contributed by atoms with Gasteiger partial charge in [0.05, 0.1) is 12.2 Å². The summed E-state index contributed by atoms with van der Waals surface area (Å²) < 4.78 is 16.3. The topological polar surface area (TPSA) is 68.8 Å². The summed E-state index contributed by atoms with van der Waals surface area (Å²) in [6, 6.07) is 0.448. The maximum atomic E-state index is 11.6. The molecule has 6 heteroatoms. The first-order valence-electron chi connectivity index (χ1n) is 7.95. The molecule has 1 amide bonds. The number of carbonyl (C=O) groups excluding carboxylic acids is 1. The van der Waals surface area contributed by atoms with E-state index in [1.807, 2.05) is 0 Å². The van der Waals surface area contributed by atoms with Crippen LogP contribution in [-0.4, -0.2) is 64.2 Å². The molecule has 0 aliphatic carbocycles. The Morgan fingerprint density at radius 1 is 1.29 bits per heavy atom. The molecule has 1 spiro atoms. The van der Waals surface area contributed by atoms with E-state index in [1.165, 1.54) is 0 Å². The van der Waals surface area contributed by atoms with E-state index in [4.69, 9.17) is 14.2 Å². The molecule has 21 heavy (non-hydrogen) atoms. The average molecular weight is 300 g/mol. The van der Waals surface area contributed by atoms with Crippen molar-refractivity contribution in [3.05, 3.63) is 0 Å². The molecule has 2 saturated heterocycles. The summed E-state index contributed by atoms with van der Waals surface area (Å²) in [5, 5.41) is 6.33. The van der Waals surface area contributed by atoms with Gasteiger partial charge < -0.3 is 24.8 Å².